The van der Waals surface area contributed by atoms with Crippen LogP contribution in [0.5, 0.6) is 0 Å². The Hall–Kier alpha value is -6.62. The number of hydrogen-bond acceptors (Lipinski definition) is 12. The second kappa shape index (κ2) is 39.2. The Bertz CT molecular complexity index is 2520. The van der Waals surface area contributed by atoms with Crippen molar-refractivity contribution in [1.82, 2.24) is 60.9 Å². The summed E-state index contributed by atoms with van der Waals surface area (Å²) in [6, 6.07) is -11.8. The summed E-state index contributed by atoms with van der Waals surface area (Å²) < 4.78 is 0. The quantitative estimate of drug-likeness (QED) is 0.0721. The molecule has 0 aromatic carbocycles. The van der Waals surface area contributed by atoms with Crippen LogP contribution in [0.15, 0.2) is 12.3 Å². The highest BCUT2D eigenvalue weighted by Gasteiger charge is 2.44. The van der Waals surface area contributed by atoms with E-state index in [1.54, 1.807) is 34.6 Å². The molecule has 1 aliphatic heterocycles. The van der Waals surface area contributed by atoms with Gasteiger partial charge in [0.15, 0.2) is 0 Å². The van der Waals surface area contributed by atoms with Crippen molar-refractivity contribution in [3.05, 3.63) is 12.3 Å². The first-order chi connectivity index (χ1) is 42.6. The van der Waals surface area contributed by atoms with Crippen molar-refractivity contribution in [2.45, 2.75) is 255 Å². The maximum absolute atomic E-state index is 15.3. The molecule has 1 rings (SSSR count). The molecule has 5 N–H and O–H groups in total. The Balaban J connectivity index is 4.29. The lowest BCUT2D eigenvalue weighted by atomic mass is 9.92. The first-order valence-corrected chi connectivity index (χ1v) is 33.6. The molecule has 1 fully saturated rings. The number of hydrogen-bond donors (Lipinski definition) is 5. The summed E-state index contributed by atoms with van der Waals surface area (Å²) in [4.78, 5) is 182. The highest BCUT2D eigenvalue weighted by molar-refractivity contribution is 6.02. The lowest BCUT2D eigenvalue weighted by Gasteiger charge is -2.41. The van der Waals surface area contributed by atoms with Gasteiger partial charge in [0.1, 0.15) is 66.1 Å². The van der Waals surface area contributed by atoms with Crippen LogP contribution in [-0.4, -0.2) is 221 Å². The normalized spacial score (nSPS) is 25.3. The van der Waals surface area contributed by atoms with Crippen molar-refractivity contribution in [3.63, 3.8) is 0 Å². The maximum Gasteiger partial charge on any atom is 0.270 e. The minimum absolute atomic E-state index is 0.0512. The predicted molar refractivity (Wildman–Crippen MR) is 358 cm³/mol. The van der Waals surface area contributed by atoms with Crippen LogP contribution in [-0.2, 0) is 57.5 Å². The van der Waals surface area contributed by atoms with Crippen LogP contribution in [0.1, 0.15) is 195 Å². The zero-order chi connectivity index (χ0) is 71.1. The molecule has 0 aliphatic carbocycles. The number of nitrogens with one attached hydrogen (secondary N) is 5. The molecule has 0 radical (unpaired) electrons. The van der Waals surface area contributed by atoms with Crippen molar-refractivity contribution in [2.75, 3.05) is 55.9 Å². The van der Waals surface area contributed by atoms with Crippen molar-refractivity contribution in [3.8, 4) is 0 Å². The van der Waals surface area contributed by atoms with Gasteiger partial charge in [-0.1, -0.05) is 136 Å². The summed E-state index contributed by atoms with van der Waals surface area (Å²) in [5.74, 6) is -9.02. The van der Waals surface area contributed by atoms with E-state index < -0.39 is 137 Å². The molecule has 24 nitrogen and oxygen atoms in total. The van der Waals surface area contributed by atoms with E-state index in [1.807, 2.05) is 62.3 Å². The van der Waals surface area contributed by atoms with Gasteiger partial charge in [-0.25, -0.2) is 0 Å². The lowest BCUT2D eigenvalue weighted by molar-refractivity contribution is -0.156. The van der Waals surface area contributed by atoms with Crippen LogP contribution in [0.25, 0.3) is 0 Å². The van der Waals surface area contributed by atoms with E-state index in [9.17, 15) is 38.4 Å². The van der Waals surface area contributed by atoms with Gasteiger partial charge in [-0.3, -0.25) is 57.5 Å². The monoisotopic (exact) mass is 1300 g/mol. The Kier molecular flexibility index (Phi) is 35.5. The topological polar surface area (TPSA) is 288 Å². The van der Waals surface area contributed by atoms with Gasteiger partial charge >= 0.3 is 0 Å². The number of carbonyl (C=O) groups is 12. The molecular weight excluding hydrogens is 1180 g/mol. The molecule has 526 valence electrons. The highest BCUT2D eigenvalue weighted by Crippen LogP contribution is 2.26. The largest absolute Gasteiger partial charge is 0.356 e. The maximum atomic E-state index is 15.3. The highest BCUT2D eigenvalue weighted by atomic mass is 16.2. The molecule has 0 unspecified atom stereocenters. The number of amides is 12. The smallest absolute Gasteiger partial charge is 0.270 e. The molecule has 0 spiro atoms. The molecule has 0 saturated carbocycles. The van der Waals surface area contributed by atoms with Gasteiger partial charge in [0, 0.05) is 62.8 Å². The molecule has 0 aromatic rings. The van der Waals surface area contributed by atoms with E-state index in [-0.39, 0.29) is 79.7 Å². The second-order valence-corrected chi connectivity index (χ2v) is 28.3. The Labute approximate surface area is 552 Å². The summed E-state index contributed by atoms with van der Waals surface area (Å²) >= 11 is 0. The van der Waals surface area contributed by atoms with Crippen LogP contribution < -0.4 is 26.6 Å². The van der Waals surface area contributed by atoms with Crippen LogP contribution in [0, 0.1) is 41.4 Å². The zero-order valence-electron chi connectivity index (χ0n) is 60.7. The molecular formula is C68H122N12O12. The van der Waals surface area contributed by atoms with Gasteiger partial charge in [0.2, 0.25) is 65.0 Å². The zero-order valence-corrected chi connectivity index (χ0v) is 60.7. The molecule has 12 amide bonds. The van der Waals surface area contributed by atoms with Crippen LogP contribution in [0.3, 0.4) is 0 Å². The molecule has 0 aromatic heterocycles. The summed E-state index contributed by atoms with van der Waals surface area (Å²) in [7, 11) is 10.1. The molecule has 92 heavy (non-hydrogen) atoms. The minimum Gasteiger partial charge on any atom is -0.356 e. The van der Waals surface area contributed by atoms with Gasteiger partial charge in [-0.15, -0.1) is 0 Å². The van der Waals surface area contributed by atoms with E-state index >= 15 is 19.2 Å². The first kappa shape index (κ1) is 83.4. The summed E-state index contributed by atoms with van der Waals surface area (Å²) in [5.41, 5.74) is -0.318. The Morgan fingerprint density at radius 1 is 0.446 bits per heavy atom. The predicted octanol–water partition coefficient (Wildman–Crippen LogP) is 5.32. The van der Waals surface area contributed by atoms with Gasteiger partial charge in [0.25, 0.3) is 5.91 Å². The SMILES string of the molecule is C=C1C(=O)N(C)[C@@H](CC(C)C)C(=O)N[C@H](C(C)C)C(=O)N(C)[C@H](CC(C)C)C(=O)N[C@H](C)C(=O)N[C@@H](C)C(=O)N(C)[C@H](CC(C)C)C(=O)N(C)[C@H](CC(C)C)C(=O)N(C)[C@H](C(C)C)C(=O)N(C)[C@H](C[C@H](C)CCCCCCCNC(C)=O)C(=O)N[C@H](CC)C(=O)N1C. The first-order valence-electron chi connectivity index (χ1n) is 33.6. The van der Waals surface area contributed by atoms with E-state index in [0.717, 1.165) is 41.9 Å². The fourth-order valence-corrected chi connectivity index (χ4v) is 11.7. The third kappa shape index (κ3) is 25.0. The van der Waals surface area contributed by atoms with Gasteiger partial charge < -0.3 is 60.9 Å². The number of likely N-dealkylation sites (N-methyl/N-ethyl adjacent to an activating group) is 7. The minimum atomic E-state index is -1.24. The average Bonchev–Trinajstić information content (AvgIpc) is 0.830. The van der Waals surface area contributed by atoms with E-state index in [0.29, 0.717) is 13.0 Å². The average molecular weight is 1300 g/mol. The van der Waals surface area contributed by atoms with Crippen LogP contribution in [0.4, 0.5) is 0 Å². The Morgan fingerprint density at radius 3 is 1.33 bits per heavy atom. The number of nitrogens with zero attached hydrogens (tertiary/aromatic N) is 7. The number of unbranched alkanes of at least 4 members (excludes halogenated alkanes) is 4. The molecule has 0 bridgehead atoms. The fraction of sp³-hybridized carbons (Fsp3) is 0.794. The van der Waals surface area contributed by atoms with Crippen LogP contribution >= 0.6 is 0 Å². The van der Waals surface area contributed by atoms with Crippen molar-refractivity contribution < 1.29 is 57.5 Å². The van der Waals surface area contributed by atoms with Crippen molar-refractivity contribution in [2.24, 2.45) is 41.4 Å². The summed E-state index contributed by atoms with van der Waals surface area (Å²) in [6.07, 6.45) is 5.93. The van der Waals surface area contributed by atoms with E-state index in [4.69, 9.17) is 0 Å². The molecule has 1 heterocycles. The van der Waals surface area contributed by atoms with Gasteiger partial charge in [0.05, 0.1) is 0 Å². The number of carbonyl (C=O) groups excluding carboxylic acids is 12. The summed E-state index contributed by atoms with van der Waals surface area (Å²) in [6.45, 7) is 34.6. The third-order valence-electron chi connectivity index (χ3n) is 17.5. The van der Waals surface area contributed by atoms with E-state index in [2.05, 4.69) is 33.2 Å². The second-order valence-electron chi connectivity index (χ2n) is 28.3. The summed E-state index contributed by atoms with van der Waals surface area (Å²) in [5, 5.41) is 14.0. The molecule has 1 aliphatic rings. The molecule has 24 heteroatoms. The van der Waals surface area contributed by atoms with Crippen molar-refractivity contribution >= 4 is 70.9 Å². The molecule has 1 saturated heterocycles. The van der Waals surface area contributed by atoms with Gasteiger partial charge in [-0.05, 0) is 100 Å². The number of rotatable bonds is 21. The lowest BCUT2D eigenvalue weighted by Crippen LogP contribution is -2.61. The van der Waals surface area contributed by atoms with Crippen LogP contribution in [0.2, 0.25) is 0 Å². The molecule has 11 atom stereocenters. The fourth-order valence-electron chi connectivity index (χ4n) is 11.7. The standard InChI is InChI=1S/C68H122N12O12/c1-26-50-64(88)74(19)48(17)63(87)75(20)52(35-40(4)5)61(85)73-56(43(10)11)67(91)76(21)51(34-39(2)3)59(83)70-46(15)58(82)71-47(16)62(86)78(23)54(36-41(6)7)65(89)79(24)55(37-42(8)9)66(90)80(25)57(44(12)13)68(92)77(22)53(60(84)72-50)38-45(14)32-30-28-27-29-31-33-69-49(18)81/h39-47,50-57H,17,26-38H2,1-16,18-25H3,(H,69,81)(H,70,83)(H,71,82)(H,72,84)(H,73,85)/t45-,46-,47+,50-,51-,52+,53-,54-,55-,56-,57-/m1/s1. The third-order valence-corrected chi connectivity index (χ3v) is 17.5. The van der Waals surface area contributed by atoms with E-state index in [1.165, 1.54) is 94.6 Å². The van der Waals surface area contributed by atoms with Gasteiger partial charge in [-0.2, -0.15) is 0 Å². The Morgan fingerprint density at radius 2 is 0.848 bits per heavy atom. The van der Waals surface area contributed by atoms with Crippen molar-refractivity contribution in [1.29, 1.82) is 0 Å².